The first-order chi connectivity index (χ1) is 9.65. The van der Waals surface area contributed by atoms with Crippen LogP contribution >= 0.6 is 11.3 Å². The molecule has 1 aromatic carbocycles. The second-order valence-electron chi connectivity index (χ2n) is 2.97. The van der Waals surface area contributed by atoms with E-state index in [-0.39, 0.29) is 5.13 Å². The van der Waals surface area contributed by atoms with Gasteiger partial charge in [-0.1, -0.05) is 11.3 Å². The largest absolute Gasteiger partial charge is 0.399 e. The molecule has 1 aromatic heterocycles. The minimum Gasteiger partial charge on any atom is -0.399 e. The number of nitrogens with one attached hydrogen (secondary N) is 1. The van der Waals surface area contributed by atoms with E-state index in [0.29, 0.717) is 5.01 Å². The van der Waals surface area contributed by atoms with Gasteiger partial charge in [0.25, 0.3) is 10.0 Å². The molecule has 0 amide bonds. The number of benzene rings is 1. The van der Waals surface area contributed by atoms with Crippen molar-refractivity contribution in [2.24, 2.45) is 0 Å². The summed E-state index contributed by atoms with van der Waals surface area (Å²) < 4.78 is 57.0. The highest BCUT2D eigenvalue weighted by atomic mass is 32.2. The molecule has 8 heteroatoms. The van der Waals surface area contributed by atoms with Gasteiger partial charge in [0.1, 0.15) is 5.01 Å². The minimum absolute atomic E-state index is 0.0267. The quantitative estimate of drug-likeness (QED) is 0.820. The first-order valence-electron chi connectivity index (χ1n) is 6.34. The first kappa shape index (κ1) is 7.62. The number of nitrogens with two attached hydrogens (primary N) is 1. The van der Waals surface area contributed by atoms with Crippen LogP contribution in [0.1, 0.15) is 10.5 Å². The summed E-state index contributed by atoms with van der Waals surface area (Å²) in [5, 5.41) is 7.73. The van der Waals surface area contributed by atoms with Crippen LogP contribution in [0.3, 0.4) is 0 Å². The van der Waals surface area contributed by atoms with Crippen molar-refractivity contribution in [1.82, 2.24) is 10.2 Å². The fraction of sp³-hybridized carbons (Fsp3) is 0.111. The number of hydrogen-bond donors (Lipinski definition) is 2. The summed E-state index contributed by atoms with van der Waals surface area (Å²) in [5.41, 5.74) is 4.99. The minimum atomic E-state index is -4.34. The van der Waals surface area contributed by atoms with Crippen LogP contribution in [-0.2, 0) is 10.0 Å². The Morgan fingerprint density at radius 3 is 2.53 bits per heavy atom. The van der Waals surface area contributed by atoms with Crippen molar-refractivity contribution in [1.29, 1.82) is 0 Å². The Balaban J connectivity index is 2.60. The molecule has 3 N–H and O–H groups in total. The lowest BCUT2D eigenvalue weighted by molar-refractivity contribution is 0.601. The fourth-order valence-electron chi connectivity index (χ4n) is 0.949. The van der Waals surface area contributed by atoms with Gasteiger partial charge in [-0.05, 0) is 31.1 Å². The maximum Gasteiger partial charge on any atom is 0.263 e. The number of aromatic nitrogens is 2. The highest BCUT2D eigenvalue weighted by Crippen LogP contribution is 2.19. The highest BCUT2D eigenvalue weighted by molar-refractivity contribution is 7.93. The molecule has 2 aromatic rings. The molecule has 0 atom stereocenters. The van der Waals surface area contributed by atoms with Crippen molar-refractivity contribution >= 4 is 32.2 Å². The van der Waals surface area contributed by atoms with Crippen molar-refractivity contribution in [3.05, 3.63) is 29.2 Å². The Bertz CT molecular complexity index is 792. The van der Waals surface area contributed by atoms with Crippen LogP contribution in [0.25, 0.3) is 0 Å². The van der Waals surface area contributed by atoms with E-state index in [1.807, 2.05) is 0 Å². The first-order valence-corrected chi connectivity index (χ1v) is 6.64. The lowest BCUT2D eigenvalue weighted by atomic mass is 10.3. The molecular formula is C9H10N4O2S2. The average Bonchev–Trinajstić information content (AvgIpc) is 2.78. The monoisotopic (exact) mass is 274 g/mol. The standard InChI is InChI=1S/C9H10N4O2S2/c1-6-11-12-9(16-6)13-17(14,15)8-4-2-7(10)3-5-8/h2-5H,10H2,1H3,(H,12,13)/i2D,3D,4D,5D. The van der Waals surface area contributed by atoms with Gasteiger partial charge in [-0.15, -0.1) is 10.2 Å². The lowest BCUT2D eigenvalue weighted by Gasteiger charge is -2.04. The summed E-state index contributed by atoms with van der Waals surface area (Å²) in [4.78, 5) is -0.778. The molecule has 0 aliphatic rings. The number of sulfonamides is 1. The molecule has 0 saturated carbocycles. The third kappa shape index (κ3) is 2.71. The molecule has 0 radical (unpaired) electrons. The fourth-order valence-corrected chi connectivity index (χ4v) is 2.63. The van der Waals surface area contributed by atoms with Gasteiger partial charge >= 0.3 is 0 Å². The Labute approximate surface area is 108 Å². The molecule has 0 fully saturated rings. The number of hydrogen-bond acceptors (Lipinski definition) is 6. The van der Waals surface area contributed by atoms with E-state index in [0.717, 1.165) is 11.3 Å². The third-order valence-electron chi connectivity index (χ3n) is 1.64. The lowest BCUT2D eigenvalue weighted by Crippen LogP contribution is -2.12. The van der Waals surface area contributed by atoms with Crippen molar-refractivity contribution in [3.8, 4) is 0 Å². The molecule has 90 valence electrons. The summed E-state index contributed by atoms with van der Waals surface area (Å²) in [6.07, 6.45) is 0. The second kappa shape index (κ2) is 4.30. The normalized spacial score (nSPS) is 14.6. The van der Waals surface area contributed by atoms with Crippen molar-refractivity contribution in [3.63, 3.8) is 0 Å². The summed E-state index contributed by atoms with van der Waals surface area (Å²) in [7, 11) is -4.34. The van der Waals surface area contributed by atoms with Gasteiger partial charge in [-0.3, -0.25) is 4.72 Å². The van der Waals surface area contributed by atoms with E-state index in [1.54, 1.807) is 6.92 Å². The van der Waals surface area contributed by atoms with Crippen LogP contribution < -0.4 is 10.5 Å². The predicted molar refractivity (Wildman–Crippen MR) is 66.3 cm³/mol. The molecule has 1 heterocycles. The molecule has 0 unspecified atom stereocenters. The van der Waals surface area contributed by atoms with E-state index in [1.165, 1.54) is 0 Å². The third-order valence-corrected chi connectivity index (χ3v) is 3.72. The van der Waals surface area contributed by atoms with Crippen molar-refractivity contribution < 1.29 is 13.9 Å². The maximum absolute atomic E-state index is 12.2. The van der Waals surface area contributed by atoms with Crippen LogP contribution in [0.5, 0.6) is 0 Å². The van der Waals surface area contributed by atoms with Crippen LogP contribution in [0, 0.1) is 6.92 Å². The maximum atomic E-state index is 12.2. The Morgan fingerprint density at radius 1 is 1.35 bits per heavy atom. The van der Waals surface area contributed by atoms with Crippen LogP contribution in [0.15, 0.2) is 29.1 Å². The number of rotatable bonds is 3. The van der Waals surface area contributed by atoms with Gasteiger partial charge in [0.15, 0.2) is 0 Å². The van der Waals surface area contributed by atoms with Gasteiger partial charge in [0.05, 0.1) is 10.4 Å². The summed E-state index contributed by atoms with van der Waals surface area (Å²) in [6, 6.07) is -2.68. The van der Waals surface area contributed by atoms with Crippen LogP contribution in [-0.4, -0.2) is 18.6 Å². The van der Waals surface area contributed by atoms with Gasteiger partial charge in [0, 0.05) is 5.69 Å². The number of aryl methyl sites for hydroxylation is 1. The van der Waals surface area contributed by atoms with Gasteiger partial charge in [-0.25, -0.2) is 8.42 Å². The van der Waals surface area contributed by atoms with Crippen molar-refractivity contribution in [2.45, 2.75) is 11.8 Å². The number of anilines is 2. The Kier molecular flexibility index (Phi) is 1.93. The Hall–Kier alpha value is -1.67. The summed E-state index contributed by atoms with van der Waals surface area (Å²) in [5.74, 6) is 0. The van der Waals surface area contributed by atoms with Crippen molar-refractivity contribution in [2.75, 3.05) is 10.5 Å². The molecule has 0 saturated heterocycles. The SMILES string of the molecule is [2H]c1c([2H])c(S(=O)(=O)Nc2nnc(C)s2)c([2H])c([2H])c1N. The van der Waals surface area contributed by atoms with E-state index in [4.69, 9.17) is 11.2 Å². The van der Waals surface area contributed by atoms with E-state index in [2.05, 4.69) is 14.9 Å². The number of nitrogen functional groups attached to an aromatic ring is 1. The highest BCUT2D eigenvalue weighted by Gasteiger charge is 2.15. The summed E-state index contributed by atoms with van der Waals surface area (Å²) >= 11 is 0.979. The molecular weight excluding hydrogens is 260 g/mol. The molecule has 17 heavy (non-hydrogen) atoms. The van der Waals surface area contributed by atoms with E-state index in [9.17, 15) is 8.42 Å². The summed E-state index contributed by atoms with van der Waals surface area (Å²) in [6.45, 7) is 1.63. The topological polar surface area (TPSA) is 98.0 Å². The Morgan fingerprint density at radius 2 is 2.00 bits per heavy atom. The zero-order valence-electron chi connectivity index (χ0n) is 12.6. The zero-order chi connectivity index (χ0) is 15.9. The van der Waals surface area contributed by atoms with Crippen LogP contribution in [0.4, 0.5) is 10.8 Å². The van der Waals surface area contributed by atoms with E-state index >= 15 is 0 Å². The number of nitrogens with zero attached hydrogens (tertiary/aromatic N) is 2. The molecule has 0 bridgehead atoms. The average molecular weight is 274 g/mol. The predicted octanol–water partition coefficient (Wildman–Crippen LogP) is 1.23. The van der Waals surface area contributed by atoms with E-state index < -0.39 is 44.8 Å². The molecule has 0 aliphatic heterocycles. The van der Waals surface area contributed by atoms with Gasteiger partial charge in [-0.2, -0.15) is 0 Å². The van der Waals surface area contributed by atoms with Gasteiger partial charge < -0.3 is 5.73 Å². The smallest absolute Gasteiger partial charge is 0.263 e. The second-order valence-corrected chi connectivity index (χ2v) is 5.78. The molecule has 0 aliphatic carbocycles. The van der Waals surface area contributed by atoms with Crippen LogP contribution in [0.2, 0.25) is 0 Å². The molecule has 6 nitrogen and oxygen atoms in total. The zero-order valence-corrected chi connectivity index (χ0v) is 10.2. The molecule has 2 rings (SSSR count). The molecule has 0 spiro atoms. The van der Waals surface area contributed by atoms with Gasteiger partial charge in [0.2, 0.25) is 5.13 Å².